The molecule has 0 unspecified atom stereocenters. The maximum atomic E-state index is 13.4. The molecule has 0 spiro atoms. The minimum Gasteiger partial charge on any atom is -0.268 e. The zero-order chi connectivity index (χ0) is 13.2. The third-order valence-electron chi connectivity index (χ3n) is 2.22. The Morgan fingerprint density at radius 1 is 1.35 bits per heavy atom. The van der Waals surface area contributed by atoms with E-state index >= 15 is 0 Å². The maximum Gasteiger partial charge on any atom is 0.267 e. The average molecular weight is 259 g/mol. The van der Waals surface area contributed by atoms with Gasteiger partial charge in [0.2, 0.25) is 10.0 Å². The largest absolute Gasteiger partial charge is 0.268 e. The van der Waals surface area contributed by atoms with E-state index in [4.69, 9.17) is 0 Å². The summed E-state index contributed by atoms with van der Waals surface area (Å²) in [4.78, 5) is 11.6. The fraction of sp³-hybridized carbons (Fsp3) is 0.364. The van der Waals surface area contributed by atoms with E-state index in [2.05, 4.69) is 0 Å². The Balaban J connectivity index is 2.99. The van der Waals surface area contributed by atoms with Crippen LogP contribution in [0.15, 0.2) is 18.2 Å². The number of amides is 1. The second kappa shape index (κ2) is 4.83. The first-order valence-corrected chi connectivity index (χ1v) is 6.61. The first kappa shape index (κ1) is 13.6. The second-order valence-corrected chi connectivity index (χ2v) is 6.25. The van der Waals surface area contributed by atoms with E-state index in [0.29, 0.717) is 5.56 Å². The minimum atomic E-state index is -3.74. The molecule has 1 N–H and O–H groups in total. The second-order valence-electron chi connectivity index (χ2n) is 4.01. The van der Waals surface area contributed by atoms with Gasteiger partial charge in [-0.15, -0.1) is 0 Å². The van der Waals surface area contributed by atoms with Crippen LogP contribution >= 0.6 is 0 Å². The summed E-state index contributed by atoms with van der Waals surface area (Å²) >= 11 is 0. The third-order valence-corrected chi connectivity index (χ3v) is 3.94. The Labute approximate surface area is 99.9 Å². The summed E-state index contributed by atoms with van der Waals surface area (Å²) < 4.78 is 38.1. The molecule has 1 rings (SSSR count). The molecule has 0 fully saturated rings. The Hall–Kier alpha value is -1.43. The summed E-state index contributed by atoms with van der Waals surface area (Å²) in [5.41, 5.74) is 0.380. The van der Waals surface area contributed by atoms with Crippen molar-refractivity contribution in [1.82, 2.24) is 4.72 Å². The van der Waals surface area contributed by atoms with E-state index in [0.717, 1.165) is 0 Å². The number of hydrogen-bond donors (Lipinski definition) is 1. The Kier molecular flexibility index (Phi) is 3.87. The molecule has 1 aromatic rings. The van der Waals surface area contributed by atoms with E-state index in [1.807, 2.05) is 4.72 Å². The van der Waals surface area contributed by atoms with Gasteiger partial charge in [0.25, 0.3) is 5.91 Å². The molecule has 0 atom stereocenters. The minimum absolute atomic E-state index is 0.278. The van der Waals surface area contributed by atoms with Crippen LogP contribution in [0.5, 0.6) is 0 Å². The fourth-order valence-electron chi connectivity index (χ4n) is 1.11. The van der Waals surface area contributed by atoms with Crippen LogP contribution in [0.25, 0.3) is 0 Å². The van der Waals surface area contributed by atoms with Gasteiger partial charge in [0.05, 0.1) is 10.8 Å². The van der Waals surface area contributed by atoms with E-state index in [-0.39, 0.29) is 5.56 Å². The summed E-state index contributed by atoms with van der Waals surface area (Å²) in [6.07, 6.45) is 0. The molecule has 0 radical (unpaired) electrons. The lowest BCUT2D eigenvalue weighted by atomic mass is 10.1. The number of sulfonamides is 1. The monoisotopic (exact) mass is 259 g/mol. The van der Waals surface area contributed by atoms with Crippen LogP contribution in [0.1, 0.15) is 29.8 Å². The van der Waals surface area contributed by atoms with Crippen molar-refractivity contribution in [3.8, 4) is 0 Å². The number of halogens is 1. The summed E-state index contributed by atoms with van der Waals surface area (Å²) in [6.45, 7) is 4.54. The van der Waals surface area contributed by atoms with Crippen molar-refractivity contribution in [3.63, 3.8) is 0 Å². The van der Waals surface area contributed by atoms with Gasteiger partial charge in [0, 0.05) is 0 Å². The lowest BCUT2D eigenvalue weighted by molar-refractivity contribution is 0.0977. The lowest BCUT2D eigenvalue weighted by Gasteiger charge is -2.10. The molecule has 94 valence electrons. The number of benzene rings is 1. The molecule has 0 aromatic heterocycles. The molecule has 0 aliphatic rings. The van der Waals surface area contributed by atoms with Crippen molar-refractivity contribution >= 4 is 15.9 Å². The SMILES string of the molecule is Cc1ccc(C(=O)NS(=O)(=O)C(C)C)c(F)c1. The van der Waals surface area contributed by atoms with Gasteiger partial charge in [-0.1, -0.05) is 6.07 Å². The number of nitrogens with one attached hydrogen (secondary N) is 1. The van der Waals surface area contributed by atoms with E-state index in [1.54, 1.807) is 13.0 Å². The highest BCUT2D eigenvalue weighted by atomic mass is 32.2. The molecule has 0 heterocycles. The lowest BCUT2D eigenvalue weighted by Crippen LogP contribution is -2.36. The quantitative estimate of drug-likeness (QED) is 0.896. The van der Waals surface area contributed by atoms with Crippen LogP contribution in [0.4, 0.5) is 4.39 Å². The molecule has 0 saturated heterocycles. The maximum absolute atomic E-state index is 13.4. The predicted octanol–water partition coefficient (Wildman–Crippen LogP) is 1.60. The first-order valence-electron chi connectivity index (χ1n) is 5.06. The van der Waals surface area contributed by atoms with Gasteiger partial charge in [0.15, 0.2) is 0 Å². The summed E-state index contributed by atoms with van der Waals surface area (Å²) in [6, 6.07) is 3.98. The standard InChI is InChI=1S/C11H14FNO3S/c1-7(2)17(15,16)13-11(14)9-5-4-8(3)6-10(9)12/h4-7H,1-3H3,(H,13,14). The number of rotatable bonds is 3. The Morgan fingerprint density at radius 3 is 2.41 bits per heavy atom. The normalized spacial score (nSPS) is 11.6. The van der Waals surface area contributed by atoms with Crippen molar-refractivity contribution in [2.45, 2.75) is 26.0 Å². The summed E-state index contributed by atoms with van der Waals surface area (Å²) in [5.74, 6) is -1.68. The smallest absolute Gasteiger partial charge is 0.267 e. The van der Waals surface area contributed by atoms with Crippen LogP contribution < -0.4 is 4.72 Å². The van der Waals surface area contributed by atoms with Crippen LogP contribution in [-0.4, -0.2) is 19.6 Å². The van der Waals surface area contributed by atoms with E-state index in [1.165, 1.54) is 26.0 Å². The van der Waals surface area contributed by atoms with Crippen LogP contribution in [-0.2, 0) is 10.0 Å². The van der Waals surface area contributed by atoms with Crippen LogP contribution in [0.3, 0.4) is 0 Å². The highest BCUT2D eigenvalue weighted by molar-refractivity contribution is 7.90. The van der Waals surface area contributed by atoms with Crippen molar-refractivity contribution in [1.29, 1.82) is 0 Å². The molecular weight excluding hydrogens is 245 g/mol. The molecular formula is C11H14FNO3S. The average Bonchev–Trinajstić information content (AvgIpc) is 2.15. The van der Waals surface area contributed by atoms with Crippen molar-refractivity contribution in [3.05, 3.63) is 35.1 Å². The predicted molar refractivity (Wildman–Crippen MR) is 62.7 cm³/mol. The summed E-state index contributed by atoms with van der Waals surface area (Å²) in [7, 11) is -3.74. The van der Waals surface area contributed by atoms with Crippen molar-refractivity contribution in [2.75, 3.05) is 0 Å². The zero-order valence-electron chi connectivity index (χ0n) is 9.82. The molecule has 6 heteroatoms. The van der Waals surface area contributed by atoms with Crippen LogP contribution in [0, 0.1) is 12.7 Å². The van der Waals surface area contributed by atoms with Gasteiger partial charge in [-0.3, -0.25) is 4.79 Å². The first-order chi connectivity index (χ1) is 7.74. The Morgan fingerprint density at radius 2 is 1.94 bits per heavy atom. The molecule has 1 amide bonds. The van der Waals surface area contributed by atoms with Gasteiger partial charge >= 0.3 is 0 Å². The summed E-state index contributed by atoms with van der Waals surface area (Å²) in [5, 5.41) is -0.750. The highest BCUT2D eigenvalue weighted by Gasteiger charge is 2.21. The molecule has 1 aromatic carbocycles. The van der Waals surface area contributed by atoms with Gasteiger partial charge in [0.1, 0.15) is 5.82 Å². The molecule has 0 aliphatic heterocycles. The Bertz CT molecular complexity index is 538. The molecule has 4 nitrogen and oxygen atoms in total. The van der Waals surface area contributed by atoms with Gasteiger partial charge in [-0.25, -0.2) is 17.5 Å². The van der Waals surface area contributed by atoms with Crippen LogP contribution in [0.2, 0.25) is 0 Å². The molecule has 17 heavy (non-hydrogen) atoms. The number of aryl methyl sites for hydroxylation is 1. The van der Waals surface area contributed by atoms with E-state index in [9.17, 15) is 17.6 Å². The number of carbonyl (C=O) groups is 1. The number of hydrogen-bond acceptors (Lipinski definition) is 3. The fourth-order valence-corrected chi connectivity index (χ4v) is 1.71. The topological polar surface area (TPSA) is 63.2 Å². The van der Waals surface area contributed by atoms with Crippen molar-refractivity contribution < 1.29 is 17.6 Å². The highest BCUT2D eigenvalue weighted by Crippen LogP contribution is 2.10. The molecule has 0 aliphatic carbocycles. The molecule has 0 bridgehead atoms. The van der Waals surface area contributed by atoms with Crippen molar-refractivity contribution in [2.24, 2.45) is 0 Å². The van der Waals surface area contributed by atoms with Gasteiger partial charge in [-0.2, -0.15) is 0 Å². The van der Waals surface area contributed by atoms with Gasteiger partial charge in [-0.05, 0) is 38.5 Å². The van der Waals surface area contributed by atoms with E-state index < -0.39 is 27.0 Å². The third kappa shape index (κ3) is 3.26. The number of carbonyl (C=O) groups excluding carboxylic acids is 1. The van der Waals surface area contributed by atoms with Gasteiger partial charge < -0.3 is 0 Å². The zero-order valence-corrected chi connectivity index (χ0v) is 10.6. The molecule has 0 saturated carbocycles.